The highest BCUT2D eigenvalue weighted by molar-refractivity contribution is 7.85. The molecule has 7 nitrogen and oxygen atoms in total. The Kier molecular flexibility index (Phi) is 8.05. The third-order valence-corrected chi connectivity index (χ3v) is 7.31. The van der Waals surface area contributed by atoms with Gasteiger partial charge < -0.3 is 20.6 Å². The number of hydrogen-bond donors (Lipinski definition) is 3. The number of aliphatic hydroxyl groups excluding tert-OH is 1. The van der Waals surface area contributed by atoms with Crippen LogP contribution in [0.4, 0.5) is 10.5 Å². The van der Waals surface area contributed by atoms with Gasteiger partial charge in [0.1, 0.15) is 6.10 Å². The van der Waals surface area contributed by atoms with Gasteiger partial charge in [-0.3, -0.25) is 9.00 Å². The molecule has 178 valence electrons. The molecule has 2 aromatic rings. The van der Waals surface area contributed by atoms with E-state index in [-0.39, 0.29) is 17.5 Å². The van der Waals surface area contributed by atoms with Crippen LogP contribution >= 0.6 is 23.2 Å². The van der Waals surface area contributed by atoms with E-state index in [2.05, 4.69) is 10.6 Å². The van der Waals surface area contributed by atoms with Crippen molar-refractivity contribution in [3.8, 4) is 0 Å². The van der Waals surface area contributed by atoms with Crippen LogP contribution in [0.25, 0.3) is 0 Å². The number of carbonyl (C=O) groups is 2. The molecule has 10 heteroatoms. The Morgan fingerprint density at radius 1 is 1.15 bits per heavy atom. The minimum absolute atomic E-state index is 0.0196. The van der Waals surface area contributed by atoms with Gasteiger partial charge in [-0.05, 0) is 35.4 Å². The second kappa shape index (κ2) is 10.4. The molecule has 0 bridgehead atoms. The van der Waals surface area contributed by atoms with Crippen molar-refractivity contribution in [3.05, 3.63) is 63.6 Å². The maximum Gasteiger partial charge on any atom is 0.322 e. The number of benzene rings is 2. The van der Waals surface area contributed by atoms with Crippen molar-refractivity contribution in [2.24, 2.45) is 5.41 Å². The molecule has 1 fully saturated rings. The predicted octanol–water partition coefficient (Wildman–Crippen LogP) is 4.31. The Balaban J connectivity index is 1.65. The van der Waals surface area contributed by atoms with Gasteiger partial charge in [0, 0.05) is 34.2 Å². The lowest BCUT2D eigenvalue weighted by molar-refractivity contribution is -0.128. The number of anilines is 1. The molecule has 0 radical (unpaired) electrons. The normalized spacial score (nSPS) is 19.3. The van der Waals surface area contributed by atoms with Gasteiger partial charge >= 0.3 is 6.03 Å². The lowest BCUT2D eigenvalue weighted by Gasteiger charge is -2.28. The summed E-state index contributed by atoms with van der Waals surface area (Å²) in [6.07, 6.45) is -1.06. The van der Waals surface area contributed by atoms with Gasteiger partial charge in [-0.2, -0.15) is 0 Å². The first kappa shape index (κ1) is 25.5. The van der Waals surface area contributed by atoms with E-state index in [1.54, 1.807) is 30.3 Å². The third-order valence-electron chi connectivity index (χ3n) is 5.29. The van der Waals surface area contributed by atoms with Gasteiger partial charge in [-0.25, -0.2) is 4.79 Å². The maximum atomic E-state index is 12.9. The molecule has 0 saturated carbocycles. The standard InChI is InChI=1S/C23H27Cl2N3O4S/c1-23(2,3)21(30)26-11-14-4-7-16(8-5-14)27-22(31)28-13-33(32)12-19(28)20(29)15-6-9-17(24)18(25)10-15/h4-10,19-20,29H,11-13H2,1-3H3,(H,26,30)(H,27,31). The fourth-order valence-corrected chi connectivity index (χ4v) is 5.10. The number of hydrogen-bond acceptors (Lipinski definition) is 4. The van der Waals surface area contributed by atoms with Gasteiger partial charge in [-0.15, -0.1) is 0 Å². The van der Waals surface area contributed by atoms with Gasteiger partial charge in [0.15, 0.2) is 0 Å². The fourth-order valence-electron chi connectivity index (χ4n) is 3.32. The quantitative estimate of drug-likeness (QED) is 0.556. The summed E-state index contributed by atoms with van der Waals surface area (Å²) in [5.41, 5.74) is 1.46. The first-order valence-electron chi connectivity index (χ1n) is 10.4. The Bertz CT molecular complexity index is 1060. The summed E-state index contributed by atoms with van der Waals surface area (Å²) in [6, 6.07) is 10.7. The molecular formula is C23H27Cl2N3O4S. The molecule has 2 aromatic carbocycles. The molecule has 0 aliphatic carbocycles. The lowest BCUT2D eigenvalue weighted by atomic mass is 9.95. The monoisotopic (exact) mass is 511 g/mol. The largest absolute Gasteiger partial charge is 0.386 e. The number of amides is 3. The van der Waals surface area contributed by atoms with Crippen molar-refractivity contribution in [1.82, 2.24) is 10.2 Å². The van der Waals surface area contributed by atoms with E-state index in [0.717, 1.165) is 5.56 Å². The minimum atomic E-state index is -1.28. The number of aliphatic hydroxyl groups is 1. The van der Waals surface area contributed by atoms with Crippen molar-refractivity contribution in [1.29, 1.82) is 0 Å². The average Bonchev–Trinajstić information content (AvgIpc) is 3.15. The molecule has 0 spiro atoms. The maximum absolute atomic E-state index is 12.9. The molecule has 1 saturated heterocycles. The Morgan fingerprint density at radius 2 is 1.82 bits per heavy atom. The van der Waals surface area contributed by atoms with E-state index in [4.69, 9.17) is 23.2 Å². The molecular weight excluding hydrogens is 485 g/mol. The second-order valence-corrected chi connectivity index (χ2v) is 11.2. The number of nitrogens with one attached hydrogen (secondary N) is 2. The molecule has 3 N–H and O–H groups in total. The Hall–Kier alpha value is -2.13. The SMILES string of the molecule is CC(C)(C)C(=O)NCc1ccc(NC(=O)N2CS(=O)CC2C(O)c2ccc(Cl)c(Cl)c2)cc1. The van der Waals surface area contributed by atoms with Gasteiger partial charge in [0.2, 0.25) is 5.91 Å². The van der Waals surface area contributed by atoms with Crippen molar-refractivity contribution in [2.75, 3.05) is 16.9 Å². The number of nitrogens with zero attached hydrogens (tertiary/aromatic N) is 1. The summed E-state index contributed by atoms with van der Waals surface area (Å²) in [7, 11) is -1.28. The summed E-state index contributed by atoms with van der Waals surface area (Å²) in [6.45, 7) is 5.92. The summed E-state index contributed by atoms with van der Waals surface area (Å²) in [5, 5.41) is 17.2. The Labute approximate surface area is 205 Å². The predicted molar refractivity (Wildman–Crippen MR) is 132 cm³/mol. The van der Waals surface area contributed by atoms with E-state index in [9.17, 15) is 18.9 Å². The van der Waals surface area contributed by atoms with Crippen LogP contribution in [-0.4, -0.2) is 43.8 Å². The van der Waals surface area contributed by atoms with Crippen LogP contribution in [-0.2, 0) is 22.1 Å². The van der Waals surface area contributed by atoms with Crippen LogP contribution in [0.1, 0.15) is 38.0 Å². The molecule has 0 aromatic heterocycles. The molecule has 1 heterocycles. The number of urea groups is 1. The zero-order chi connectivity index (χ0) is 24.3. The van der Waals surface area contributed by atoms with E-state index in [0.29, 0.717) is 27.8 Å². The van der Waals surface area contributed by atoms with Crippen LogP contribution in [0.15, 0.2) is 42.5 Å². The third kappa shape index (κ3) is 6.47. The number of halogens is 2. The van der Waals surface area contributed by atoms with E-state index >= 15 is 0 Å². The smallest absolute Gasteiger partial charge is 0.322 e. The first-order valence-corrected chi connectivity index (χ1v) is 12.6. The van der Waals surface area contributed by atoms with Crippen LogP contribution < -0.4 is 10.6 Å². The van der Waals surface area contributed by atoms with Crippen LogP contribution in [0.5, 0.6) is 0 Å². The topological polar surface area (TPSA) is 98.7 Å². The number of carbonyl (C=O) groups excluding carboxylic acids is 2. The van der Waals surface area contributed by atoms with E-state index in [1.807, 2.05) is 32.9 Å². The highest BCUT2D eigenvalue weighted by Gasteiger charge is 2.38. The molecule has 3 amide bonds. The second-order valence-electron chi connectivity index (χ2n) is 8.95. The molecule has 33 heavy (non-hydrogen) atoms. The molecule has 1 aliphatic rings. The average molecular weight is 512 g/mol. The van der Waals surface area contributed by atoms with Crippen molar-refractivity contribution >= 4 is 51.6 Å². The van der Waals surface area contributed by atoms with Crippen LogP contribution in [0.2, 0.25) is 10.0 Å². The van der Waals surface area contributed by atoms with Gasteiger partial charge in [0.05, 0.1) is 22.0 Å². The van der Waals surface area contributed by atoms with Crippen molar-refractivity contribution in [2.45, 2.75) is 39.5 Å². The molecule has 3 atom stereocenters. The minimum Gasteiger partial charge on any atom is -0.386 e. The summed E-state index contributed by atoms with van der Waals surface area (Å²) in [5.74, 6) is 0.126. The summed E-state index contributed by atoms with van der Waals surface area (Å²) < 4.78 is 12.2. The number of rotatable bonds is 5. The van der Waals surface area contributed by atoms with Gasteiger partial charge in [-0.1, -0.05) is 62.2 Å². The zero-order valence-corrected chi connectivity index (χ0v) is 20.9. The van der Waals surface area contributed by atoms with Crippen molar-refractivity contribution in [3.63, 3.8) is 0 Å². The van der Waals surface area contributed by atoms with E-state index < -0.39 is 34.4 Å². The molecule has 3 unspecified atom stereocenters. The lowest BCUT2D eigenvalue weighted by Crippen LogP contribution is -2.42. The first-order chi connectivity index (χ1) is 15.5. The van der Waals surface area contributed by atoms with Gasteiger partial charge in [0.25, 0.3) is 0 Å². The van der Waals surface area contributed by atoms with Crippen LogP contribution in [0, 0.1) is 5.41 Å². The summed E-state index contributed by atoms with van der Waals surface area (Å²) in [4.78, 5) is 26.3. The fraction of sp³-hybridized carbons (Fsp3) is 0.391. The Morgan fingerprint density at radius 3 is 2.42 bits per heavy atom. The highest BCUT2D eigenvalue weighted by atomic mass is 35.5. The van der Waals surface area contributed by atoms with Crippen LogP contribution in [0.3, 0.4) is 0 Å². The molecule has 3 rings (SSSR count). The molecule has 1 aliphatic heterocycles. The highest BCUT2D eigenvalue weighted by Crippen LogP contribution is 2.31. The van der Waals surface area contributed by atoms with E-state index in [1.165, 1.54) is 4.90 Å². The summed E-state index contributed by atoms with van der Waals surface area (Å²) >= 11 is 12.0. The van der Waals surface area contributed by atoms with Crippen molar-refractivity contribution < 1.29 is 18.9 Å². The zero-order valence-electron chi connectivity index (χ0n) is 18.6.